The van der Waals surface area contributed by atoms with E-state index in [4.69, 9.17) is 25.7 Å². The van der Waals surface area contributed by atoms with Crippen molar-refractivity contribution in [1.82, 2.24) is 0 Å². The summed E-state index contributed by atoms with van der Waals surface area (Å²) in [4.78, 5) is 24.8. The molecule has 0 radical (unpaired) electrons. The molecule has 2 unspecified atom stereocenters. The Balaban J connectivity index is 5.44. The van der Waals surface area contributed by atoms with Gasteiger partial charge in [0.25, 0.3) is 0 Å². The summed E-state index contributed by atoms with van der Waals surface area (Å²) < 4.78 is 16.2. The maximum atomic E-state index is 12.4. The third kappa shape index (κ3) is 8.32. The summed E-state index contributed by atoms with van der Waals surface area (Å²) in [5.74, 6) is -1.47. The second kappa shape index (κ2) is 10.9. The first-order valence-electron chi connectivity index (χ1n) is 8.29. The van der Waals surface area contributed by atoms with E-state index < -0.39 is 60.6 Å². The Morgan fingerprint density at radius 1 is 0.680 bits per heavy atom. The molecule has 0 amide bonds. The van der Waals surface area contributed by atoms with E-state index in [0.29, 0.717) is 0 Å². The Labute approximate surface area is 148 Å². The lowest BCUT2D eigenvalue weighted by Gasteiger charge is -2.29. The second-order valence-electron chi connectivity index (χ2n) is 6.51. The Kier molecular flexibility index (Phi) is 10.5. The van der Waals surface area contributed by atoms with Crippen LogP contribution in [0.5, 0.6) is 0 Å². The van der Waals surface area contributed by atoms with Crippen LogP contribution < -0.4 is 11.5 Å². The first kappa shape index (κ1) is 24.1. The molecule has 0 rings (SSSR count). The molecular weight excluding hydrogens is 332 g/mol. The number of carbonyl (C=O) groups is 2. The van der Waals surface area contributed by atoms with E-state index in [0.717, 1.165) is 0 Å². The SMILES string of the molecule is CC(C)OC(OC(OC(C)C)C(=O)[C@@H](N)[C@@H](C)O)C(=O)[C@@H](N)[C@@H](C)O. The number of ketones is 2. The highest BCUT2D eigenvalue weighted by molar-refractivity contribution is 5.89. The zero-order chi connectivity index (χ0) is 19.9. The van der Waals surface area contributed by atoms with E-state index in [2.05, 4.69) is 0 Å². The molecule has 6 N–H and O–H groups in total. The molecule has 0 spiro atoms. The van der Waals surface area contributed by atoms with Gasteiger partial charge < -0.3 is 35.9 Å². The summed E-state index contributed by atoms with van der Waals surface area (Å²) in [6.45, 7) is 9.37. The molecule has 9 nitrogen and oxygen atoms in total. The number of hydrogen-bond donors (Lipinski definition) is 4. The quantitative estimate of drug-likeness (QED) is 0.321. The van der Waals surface area contributed by atoms with Crippen molar-refractivity contribution in [3.8, 4) is 0 Å². The zero-order valence-corrected chi connectivity index (χ0v) is 15.7. The first-order valence-corrected chi connectivity index (χ1v) is 8.29. The van der Waals surface area contributed by atoms with Crippen LogP contribution in [0.3, 0.4) is 0 Å². The molecule has 0 bridgehead atoms. The van der Waals surface area contributed by atoms with Gasteiger partial charge in [0.1, 0.15) is 0 Å². The first-order chi connectivity index (χ1) is 11.4. The molecule has 148 valence electrons. The van der Waals surface area contributed by atoms with Crippen molar-refractivity contribution in [3.63, 3.8) is 0 Å². The molecular formula is C16H32N2O7. The highest BCUT2D eigenvalue weighted by atomic mass is 16.8. The number of ether oxygens (including phenoxy) is 3. The third-order valence-corrected chi connectivity index (χ3v) is 3.20. The molecule has 0 heterocycles. The minimum absolute atomic E-state index is 0.421. The van der Waals surface area contributed by atoms with Gasteiger partial charge in [0, 0.05) is 0 Å². The van der Waals surface area contributed by atoms with E-state index in [9.17, 15) is 19.8 Å². The van der Waals surface area contributed by atoms with Crippen LogP contribution in [0, 0.1) is 0 Å². The molecule has 0 aliphatic heterocycles. The molecule has 0 aromatic heterocycles. The summed E-state index contributed by atoms with van der Waals surface area (Å²) in [6.07, 6.45) is -6.16. The van der Waals surface area contributed by atoms with Gasteiger partial charge in [-0.2, -0.15) is 0 Å². The maximum Gasteiger partial charge on any atom is 0.222 e. The normalized spacial score (nSPS) is 19.4. The average Bonchev–Trinajstić information content (AvgIpc) is 2.49. The molecule has 0 aromatic carbocycles. The van der Waals surface area contributed by atoms with Crippen LogP contribution in [0.1, 0.15) is 41.5 Å². The number of rotatable bonds is 12. The highest BCUT2D eigenvalue weighted by Crippen LogP contribution is 2.14. The van der Waals surface area contributed by atoms with E-state index in [1.54, 1.807) is 27.7 Å². The van der Waals surface area contributed by atoms with Crippen LogP contribution in [0.4, 0.5) is 0 Å². The minimum atomic E-state index is -1.53. The highest BCUT2D eigenvalue weighted by Gasteiger charge is 2.37. The van der Waals surface area contributed by atoms with E-state index in [1.807, 2.05) is 0 Å². The lowest BCUT2D eigenvalue weighted by Crippen LogP contribution is -2.53. The number of Topliss-reactive ketones (excluding diaryl/α,β-unsaturated/α-hetero) is 2. The molecule has 25 heavy (non-hydrogen) atoms. The topological polar surface area (TPSA) is 154 Å². The summed E-state index contributed by atoms with van der Waals surface area (Å²) in [5.41, 5.74) is 11.3. The minimum Gasteiger partial charge on any atom is -0.391 e. The van der Waals surface area contributed by atoms with Crippen LogP contribution in [-0.4, -0.2) is 70.9 Å². The van der Waals surface area contributed by atoms with Crippen molar-refractivity contribution >= 4 is 11.6 Å². The van der Waals surface area contributed by atoms with Crippen molar-refractivity contribution in [2.45, 2.75) is 90.6 Å². The summed E-state index contributed by atoms with van der Waals surface area (Å²) >= 11 is 0. The Morgan fingerprint density at radius 2 is 0.960 bits per heavy atom. The van der Waals surface area contributed by atoms with Crippen molar-refractivity contribution in [3.05, 3.63) is 0 Å². The van der Waals surface area contributed by atoms with Crippen LogP contribution in [0.15, 0.2) is 0 Å². The van der Waals surface area contributed by atoms with Crippen molar-refractivity contribution < 1.29 is 34.0 Å². The van der Waals surface area contributed by atoms with Crippen molar-refractivity contribution in [1.29, 1.82) is 0 Å². The number of carbonyl (C=O) groups excluding carboxylic acids is 2. The van der Waals surface area contributed by atoms with E-state index in [-0.39, 0.29) is 0 Å². The number of aliphatic hydroxyl groups is 2. The monoisotopic (exact) mass is 364 g/mol. The number of aliphatic hydroxyl groups excluding tert-OH is 2. The molecule has 6 atom stereocenters. The van der Waals surface area contributed by atoms with Gasteiger partial charge in [0.05, 0.1) is 36.5 Å². The van der Waals surface area contributed by atoms with Gasteiger partial charge in [-0.1, -0.05) is 0 Å². The van der Waals surface area contributed by atoms with Gasteiger partial charge in [-0.15, -0.1) is 0 Å². The van der Waals surface area contributed by atoms with Gasteiger partial charge >= 0.3 is 0 Å². The summed E-state index contributed by atoms with van der Waals surface area (Å²) in [7, 11) is 0. The van der Waals surface area contributed by atoms with Crippen molar-refractivity contribution in [2.75, 3.05) is 0 Å². The van der Waals surface area contributed by atoms with Gasteiger partial charge in [0.15, 0.2) is 0 Å². The van der Waals surface area contributed by atoms with Crippen molar-refractivity contribution in [2.24, 2.45) is 11.5 Å². The maximum absolute atomic E-state index is 12.4. The van der Waals surface area contributed by atoms with E-state index in [1.165, 1.54) is 13.8 Å². The second-order valence-corrected chi connectivity index (χ2v) is 6.51. The Bertz CT molecular complexity index is 389. The Hall–Kier alpha value is -0.940. The molecule has 0 aliphatic rings. The van der Waals surface area contributed by atoms with Gasteiger partial charge in [-0.25, -0.2) is 0 Å². The molecule has 0 fully saturated rings. The summed E-state index contributed by atoms with van der Waals surface area (Å²) in [5, 5.41) is 19.0. The number of nitrogens with two attached hydrogens (primary N) is 2. The fourth-order valence-electron chi connectivity index (χ4n) is 1.73. The molecule has 9 heteroatoms. The van der Waals surface area contributed by atoms with Crippen LogP contribution in [0.25, 0.3) is 0 Å². The molecule has 0 aromatic rings. The standard InChI is InChI=1S/C16H32N2O7/c1-7(2)23-15(13(21)11(17)9(5)19)25-16(24-8(3)4)14(22)12(18)10(6)20/h7-12,15-16,19-20H,17-18H2,1-6H3/t9-,10-,11+,12+,15?,16?/m1/s1. The zero-order valence-electron chi connectivity index (χ0n) is 15.7. The van der Waals surface area contributed by atoms with E-state index >= 15 is 0 Å². The van der Waals surface area contributed by atoms with Gasteiger partial charge in [0.2, 0.25) is 24.1 Å². The summed E-state index contributed by atoms with van der Waals surface area (Å²) in [6, 6.07) is -2.52. The number of hydrogen-bond acceptors (Lipinski definition) is 9. The van der Waals surface area contributed by atoms with Gasteiger partial charge in [-0.3, -0.25) is 9.59 Å². The fourth-order valence-corrected chi connectivity index (χ4v) is 1.73. The lowest BCUT2D eigenvalue weighted by atomic mass is 10.1. The molecule has 0 saturated heterocycles. The average molecular weight is 364 g/mol. The Morgan fingerprint density at radius 3 is 1.16 bits per heavy atom. The smallest absolute Gasteiger partial charge is 0.222 e. The largest absolute Gasteiger partial charge is 0.391 e. The van der Waals surface area contributed by atoms with Crippen LogP contribution in [0.2, 0.25) is 0 Å². The van der Waals surface area contributed by atoms with Gasteiger partial charge in [-0.05, 0) is 41.5 Å². The molecule has 0 aliphatic carbocycles. The van der Waals surface area contributed by atoms with Crippen LogP contribution >= 0.6 is 0 Å². The van der Waals surface area contributed by atoms with Crippen LogP contribution in [-0.2, 0) is 23.8 Å². The lowest BCUT2D eigenvalue weighted by molar-refractivity contribution is -0.250. The predicted octanol–water partition coefficient (Wildman–Crippen LogP) is -0.940. The third-order valence-electron chi connectivity index (χ3n) is 3.20. The fraction of sp³-hybridized carbons (Fsp3) is 0.875. The predicted molar refractivity (Wildman–Crippen MR) is 90.4 cm³/mol. The molecule has 0 saturated carbocycles.